The number of nitrogens with zero attached hydrogens (tertiary/aromatic N) is 2. The first-order valence-corrected chi connectivity index (χ1v) is 7.14. The Morgan fingerprint density at radius 1 is 1.50 bits per heavy atom. The van der Waals surface area contributed by atoms with E-state index in [1.54, 1.807) is 4.90 Å². The van der Waals surface area contributed by atoms with Gasteiger partial charge in [0.2, 0.25) is 5.91 Å². The van der Waals surface area contributed by atoms with Crippen LogP contribution in [0.4, 0.5) is 0 Å². The highest BCUT2D eigenvalue weighted by Gasteiger charge is 2.31. The van der Waals surface area contributed by atoms with Gasteiger partial charge in [-0.2, -0.15) is 0 Å². The zero-order chi connectivity index (χ0) is 13.7. The summed E-state index contributed by atoms with van der Waals surface area (Å²) in [6.07, 6.45) is 4.13. The molecule has 1 aliphatic rings. The van der Waals surface area contributed by atoms with Crippen molar-refractivity contribution in [1.29, 1.82) is 0 Å². The first-order chi connectivity index (χ1) is 8.45. The van der Waals surface area contributed by atoms with Crippen molar-refractivity contribution in [3.8, 4) is 0 Å². The number of thiocarbonyl (C=S) groups is 1. The Hall–Kier alpha value is -0.680. The SMILES string of the molecule is CCC1CCC(C)N1CC(=O)N(C)CCC(N)=S. The van der Waals surface area contributed by atoms with Gasteiger partial charge in [0, 0.05) is 32.1 Å². The minimum Gasteiger partial charge on any atom is -0.393 e. The molecule has 0 aromatic heterocycles. The molecule has 1 rings (SSSR count). The lowest BCUT2D eigenvalue weighted by Gasteiger charge is -2.29. The van der Waals surface area contributed by atoms with Crippen molar-refractivity contribution in [2.24, 2.45) is 5.73 Å². The maximum absolute atomic E-state index is 12.1. The normalized spacial score (nSPS) is 24.2. The maximum atomic E-state index is 12.1. The summed E-state index contributed by atoms with van der Waals surface area (Å²) in [5.74, 6) is 0.165. The third kappa shape index (κ3) is 4.21. The number of carbonyl (C=O) groups excluding carboxylic acids is 1. The largest absolute Gasteiger partial charge is 0.393 e. The second-order valence-corrected chi connectivity index (χ2v) is 5.72. The maximum Gasteiger partial charge on any atom is 0.236 e. The molecule has 0 radical (unpaired) electrons. The minimum atomic E-state index is 0.165. The van der Waals surface area contributed by atoms with Gasteiger partial charge in [0.25, 0.3) is 0 Å². The van der Waals surface area contributed by atoms with Gasteiger partial charge < -0.3 is 10.6 Å². The molecule has 2 N–H and O–H groups in total. The zero-order valence-electron chi connectivity index (χ0n) is 11.7. The molecule has 0 bridgehead atoms. The Morgan fingerprint density at radius 3 is 2.72 bits per heavy atom. The summed E-state index contributed by atoms with van der Waals surface area (Å²) in [6.45, 7) is 5.54. The highest BCUT2D eigenvalue weighted by molar-refractivity contribution is 7.80. The molecular weight excluding hydrogens is 246 g/mol. The molecule has 5 heteroatoms. The van der Waals surface area contributed by atoms with Crippen LogP contribution in [0.15, 0.2) is 0 Å². The standard InChI is InChI=1S/C13H25N3OS/c1-4-11-6-5-10(2)16(11)9-13(17)15(3)8-7-12(14)18/h10-11H,4-9H2,1-3H3,(H2,14,18). The molecule has 1 aliphatic heterocycles. The van der Waals surface area contributed by atoms with Crippen LogP contribution in [0.2, 0.25) is 0 Å². The van der Waals surface area contributed by atoms with Crippen molar-refractivity contribution in [1.82, 2.24) is 9.80 Å². The van der Waals surface area contributed by atoms with Gasteiger partial charge in [-0.05, 0) is 26.2 Å². The van der Waals surface area contributed by atoms with Crippen molar-refractivity contribution < 1.29 is 4.79 Å². The molecule has 0 aromatic carbocycles. The third-order valence-electron chi connectivity index (χ3n) is 3.86. The van der Waals surface area contributed by atoms with Crippen LogP contribution in [-0.4, -0.2) is 52.9 Å². The fourth-order valence-corrected chi connectivity index (χ4v) is 2.62. The van der Waals surface area contributed by atoms with E-state index < -0.39 is 0 Å². The van der Waals surface area contributed by atoms with E-state index in [1.165, 1.54) is 12.8 Å². The Balaban J connectivity index is 2.45. The molecule has 1 fully saturated rings. The molecule has 0 aromatic rings. The smallest absolute Gasteiger partial charge is 0.236 e. The Labute approximate surface area is 115 Å². The molecule has 4 nitrogen and oxygen atoms in total. The summed E-state index contributed by atoms with van der Waals surface area (Å²) in [5.41, 5.74) is 5.45. The molecule has 2 atom stereocenters. The monoisotopic (exact) mass is 271 g/mol. The summed E-state index contributed by atoms with van der Waals surface area (Å²) in [4.78, 5) is 16.7. The highest BCUT2D eigenvalue weighted by Crippen LogP contribution is 2.25. The lowest BCUT2D eigenvalue weighted by molar-refractivity contribution is -0.131. The molecule has 104 valence electrons. The van der Waals surface area contributed by atoms with Crippen molar-refractivity contribution >= 4 is 23.1 Å². The van der Waals surface area contributed by atoms with Gasteiger partial charge in [-0.1, -0.05) is 19.1 Å². The molecule has 2 unspecified atom stereocenters. The number of amides is 1. The average molecular weight is 271 g/mol. The Bertz CT molecular complexity index is 309. The van der Waals surface area contributed by atoms with Crippen LogP contribution < -0.4 is 5.73 Å². The minimum absolute atomic E-state index is 0.165. The van der Waals surface area contributed by atoms with Gasteiger partial charge in [0.1, 0.15) is 0 Å². The lowest BCUT2D eigenvalue weighted by atomic mass is 10.1. The molecule has 0 aliphatic carbocycles. The molecule has 1 amide bonds. The van der Waals surface area contributed by atoms with Gasteiger partial charge in [0.05, 0.1) is 11.5 Å². The van der Waals surface area contributed by atoms with Crippen LogP contribution in [0.25, 0.3) is 0 Å². The predicted molar refractivity (Wildman–Crippen MR) is 78.5 cm³/mol. The van der Waals surface area contributed by atoms with Gasteiger partial charge in [0.15, 0.2) is 0 Å². The molecule has 18 heavy (non-hydrogen) atoms. The summed E-state index contributed by atoms with van der Waals surface area (Å²) in [6, 6.07) is 1.08. The predicted octanol–water partition coefficient (Wildman–Crippen LogP) is 1.38. The van der Waals surface area contributed by atoms with Crippen LogP contribution in [0, 0.1) is 0 Å². The molecular formula is C13H25N3OS. The summed E-state index contributed by atoms with van der Waals surface area (Å²) < 4.78 is 0. The third-order valence-corrected chi connectivity index (χ3v) is 4.07. The van der Waals surface area contributed by atoms with Crippen molar-refractivity contribution in [2.45, 2.75) is 51.6 Å². The van der Waals surface area contributed by atoms with E-state index in [1.807, 2.05) is 7.05 Å². The molecule has 0 spiro atoms. The van der Waals surface area contributed by atoms with Gasteiger partial charge in [-0.15, -0.1) is 0 Å². The van der Waals surface area contributed by atoms with E-state index in [4.69, 9.17) is 18.0 Å². The first kappa shape index (κ1) is 15.4. The highest BCUT2D eigenvalue weighted by atomic mass is 32.1. The second-order valence-electron chi connectivity index (χ2n) is 5.19. The quantitative estimate of drug-likeness (QED) is 0.742. The summed E-state index contributed by atoms with van der Waals surface area (Å²) in [7, 11) is 1.82. The zero-order valence-corrected chi connectivity index (χ0v) is 12.5. The van der Waals surface area contributed by atoms with Gasteiger partial charge in [-0.25, -0.2) is 0 Å². The van der Waals surface area contributed by atoms with Crippen LogP contribution in [0.1, 0.15) is 39.5 Å². The van der Waals surface area contributed by atoms with Gasteiger partial charge >= 0.3 is 0 Å². The van der Waals surface area contributed by atoms with E-state index in [0.29, 0.717) is 36.6 Å². The van der Waals surface area contributed by atoms with E-state index in [2.05, 4.69) is 18.7 Å². The summed E-state index contributed by atoms with van der Waals surface area (Å²) >= 11 is 4.83. The van der Waals surface area contributed by atoms with E-state index >= 15 is 0 Å². The average Bonchev–Trinajstić information content (AvgIpc) is 2.67. The van der Waals surface area contributed by atoms with Gasteiger partial charge in [-0.3, -0.25) is 9.69 Å². The second kappa shape index (κ2) is 7.04. The Kier molecular flexibility index (Phi) is 6.02. The molecule has 0 saturated carbocycles. The molecule has 1 saturated heterocycles. The van der Waals surface area contributed by atoms with Crippen LogP contribution >= 0.6 is 12.2 Å². The summed E-state index contributed by atoms with van der Waals surface area (Å²) in [5, 5.41) is 0. The topological polar surface area (TPSA) is 49.6 Å². The van der Waals surface area contributed by atoms with E-state index in [-0.39, 0.29) is 5.91 Å². The lowest BCUT2D eigenvalue weighted by Crippen LogP contribution is -2.43. The van der Waals surface area contributed by atoms with Crippen molar-refractivity contribution in [2.75, 3.05) is 20.1 Å². The first-order valence-electron chi connectivity index (χ1n) is 6.73. The number of likely N-dealkylation sites (tertiary alicyclic amines) is 1. The fourth-order valence-electron chi connectivity index (χ4n) is 2.53. The van der Waals surface area contributed by atoms with E-state index in [0.717, 1.165) is 6.42 Å². The number of nitrogens with two attached hydrogens (primary N) is 1. The number of rotatable bonds is 6. The molecule has 1 heterocycles. The van der Waals surface area contributed by atoms with Crippen LogP contribution in [0.5, 0.6) is 0 Å². The number of hydrogen-bond acceptors (Lipinski definition) is 3. The number of carbonyl (C=O) groups is 1. The number of likely N-dealkylation sites (N-methyl/N-ethyl adjacent to an activating group) is 1. The van der Waals surface area contributed by atoms with Crippen LogP contribution in [-0.2, 0) is 4.79 Å². The van der Waals surface area contributed by atoms with Crippen molar-refractivity contribution in [3.63, 3.8) is 0 Å². The van der Waals surface area contributed by atoms with Crippen LogP contribution in [0.3, 0.4) is 0 Å². The van der Waals surface area contributed by atoms with Crippen molar-refractivity contribution in [3.05, 3.63) is 0 Å². The van der Waals surface area contributed by atoms with E-state index in [9.17, 15) is 4.79 Å². The Morgan fingerprint density at radius 2 is 2.17 bits per heavy atom. The number of hydrogen-bond donors (Lipinski definition) is 1. The fraction of sp³-hybridized carbons (Fsp3) is 0.846.